The predicted molar refractivity (Wildman–Crippen MR) is 58.2 cm³/mol. The van der Waals surface area contributed by atoms with Gasteiger partial charge >= 0.3 is 7.12 Å². The summed E-state index contributed by atoms with van der Waals surface area (Å²) < 4.78 is 11.8. The van der Waals surface area contributed by atoms with Crippen molar-refractivity contribution in [3.05, 3.63) is 0 Å². The summed E-state index contributed by atoms with van der Waals surface area (Å²) in [6.45, 7) is 4.50. The largest absolute Gasteiger partial charge is 0.457 e. The van der Waals surface area contributed by atoms with Gasteiger partial charge in [-0.25, -0.2) is 0 Å². The maximum atomic E-state index is 5.89. The van der Waals surface area contributed by atoms with Gasteiger partial charge in [0.25, 0.3) is 0 Å². The fraction of sp³-hybridized carbons (Fsp3) is 1.00. The standard InChI is InChI=1S/C11H21BO2/c1-9(2)7-8-12-13-10-5-3-4-6-11(10)14-12/h9-11H,3-8H2,1-2H3. The Morgan fingerprint density at radius 3 is 2.21 bits per heavy atom. The second-order valence-electron chi connectivity index (χ2n) is 5.03. The van der Waals surface area contributed by atoms with Gasteiger partial charge in [0, 0.05) is 0 Å². The average molecular weight is 196 g/mol. The fourth-order valence-electron chi connectivity index (χ4n) is 2.40. The molecule has 2 aliphatic rings. The van der Waals surface area contributed by atoms with Crippen molar-refractivity contribution in [2.24, 2.45) is 5.92 Å². The summed E-state index contributed by atoms with van der Waals surface area (Å²) in [6.07, 6.45) is 8.19. The van der Waals surface area contributed by atoms with Crippen molar-refractivity contribution < 1.29 is 9.31 Å². The molecule has 80 valence electrons. The van der Waals surface area contributed by atoms with Crippen LogP contribution in [0.1, 0.15) is 46.0 Å². The second-order valence-corrected chi connectivity index (χ2v) is 5.03. The molecule has 0 N–H and O–H groups in total. The van der Waals surface area contributed by atoms with E-state index in [2.05, 4.69) is 13.8 Å². The van der Waals surface area contributed by atoms with Crippen molar-refractivity contribution in [2.45, 2.75) is 64.5 Å². The van der Waals surface area contributed by atoms with Gasteiger partial charge in [-0.15, -0.1) is 0 Å². The van der Waals surface area contributed by atoms with Gasteiger partial charge in [-0.3, -0.25) is 0 Å². The first kappa shape index (κ1) is 10.5. The Morgan fingerprint density at radius 2 is 1.71 bits per heavy atom. The molecule has 2 nitrogen and oxygen atoms in total. The molecule has 2 atom stereocenters. The Bertz CT molecular complexity index is 170. The molecule has 2 fully saturated rings. The molecule has 0 amide bonds. The van der Waals surface area contributed by atoms with Crippen molar-refractivity contribution in [3.63, 3.8) is 0 Å². The van der Waals surface area contributed by atoms with E-state index in [1.165, 1.54) is 32.1 Å². The summed E-state index contributed by atoms with van der Waals surface area (Å²) in [5.74, 6) is 0.754. The summed E-state index contributed by atoms with van der Waals surface area (Å²) in [4.78, 5) is 0. The minimum absolute atomic E-state index is 0.102. The van der Waals surface area contributed by atoms with E-state index in [1.54, 1.807) is 0 Å². The zero-order chi connectivity index (χ0) is 9.97. The molecule has 2 rings (SSSR count). The van der Waals surface area contributed by atoms with Crippen LogP contribution in [0.2, 0.25) is 6.32 Å². The number of fused-ring (bicyclic) bond motifs is 1. The van der Waals surface area contributed by atoms with E-state index in [4.69, 9.17) is 9.31 Å². The Morgan fingerprint density at radius 1 is 1.14 bits per heavy atom. The summed E-state index contributed by atoms with van der Waals surface area (Å²) >= 11 is 0. The highest BCUT2D eigenvalue weighted by Crippen LogP contribution is 2.31. The van der Waals surface area contributed by atoms with E-state index < -0.39 is 0 Å². The lowest BCUT2D eigenvalue weighted by Gasteiger charge is -2.22. The van der Waals surface area contributed by atoms with Crippen LogP contribution in [0, 0.1) is 5.92 Å². The van der Waals surface area contributed by atoms with Crippen LogP contribution < -0.4 is 0 Å². The zero-order valence-electron chi connectivity index (χ0n) is 9.37. The fourth-order valence-corrected chi connectivity index (χ4v) is 2.40. The van der Waals surface area contributed by atoms with E-state index in [9.17, 15) is 0 Å². The SMILES string of the molecule is CC(C)CCB1OC2CCCCC2O1. The van der Waals surface area contributed by atoms with Crippen molar-refractivity contribution >= 4 is 7.12 Å². The summed E-state index contributed by atoms with van der Waals surface area (Å²) in [7, 11) is 0.102. The van der Waals surface area contributed by atoms with Gasteiger partial charge in [-0.2, -0.15) is 0 Å². The topological polar surface area (TPSA) is 18.5 Å². The Kier molecular flexibility index (Phi) is 3.50. The molecule has 0 aromatic heterocycles. The second kappa shape index (κ2) is 4.67. The third-order valence-corrected chi connectivity index (χ3v) is 3.27. The first-order chi connectivity index (χ1) is 6.75. The molecule has 14 heavy (non-hydrogen) atoms. The molecule has 0 bridgehead atoms. The third kappa shape index (κ3) is 2.51. The highest BCUT2D eigenvalue weighted by Gasteiger charge is 2.39. The van der Waals surface area contributed by atoms with Crippen LogP contribution in [0.25, 0.3) is 0 Å². The Balaban J connectivity index is 1.75. The van der Waals surface area contributed by atoms with Gasteiger partial charge in [0.15, 0.2) is 0 Å². The molecular formula is C11H21BO2. The number of hydrogen-bond donors (Lipinski definition) is 0. The molecule has 1 aliphatic carbocycles. The van der Waals surface area contributed by atoms with Gasteiger partial charge < -0.3 is 9.31 Å². The van der Waals surface area contributed by atoms with E-state index in [0.717, 1.165) is 12.2 Å². The summed E-state index contributed by atoms with van der Waals surface area (Å²) in [5.41, 5.74) is 0. The van der Waals surface area contributed by atoms with E-state index in [0.29, 0.717) is 12.2 Å². The monoisotopic (exact) mass is 196 g/mol. The highest BCUT2D eigenvalue weighted by atomic mass is 16.7. The van der Waals surface area contributed by atoms with Crippen molar-refractivity contribution in [1.82, 2.24) is 0 Å². The van der Waals surface area contributed by atoms with Crippen LogP contribution in [-0.4, -0.2) is 19.3 Å². The van der Waals surface area contributed by atoms with E-state index >= 15 is 0 Å². The smallest absolute Gasteiger partial charge is 0.406 e. The summed E-state index contributed by atoms with van der Waals surface area (Å²) in [5, 5.41) is 0. The lowest BCUT2D eigenvalue weighted by atomic mass is 9.81. The molecule has 1 heterocycles. The molecule has 3 heteroatoms. The van der Waals surface area contributed by atoms with Crippen molar-refractivity contribution in [1.29, 1.82) is 0 Å². The van der Waals surface area contributed by atoms with Crippen LogP contribution >= 0.6 is 0 Å². The first-order valence-electron chi connectivity index (χ1n) is 6.06. The molecule has 1 saturated carbocycles. The van der Waals surface area contributed by atoms with Gasteiger partial charge in [0.2, 0.25) is 0 Å². The van der Waals surface area contributed by atoms with Crippen molar-refractivity contribution in [2.75, 3.05) is 0 Å². The molecule has 1 saturated heterocycles. The Labute approximate surface area is 87.5 Å². The van der Waals surface area contributed by atoms with Crippen LogP contribution in [0.4, 0.5) is 0 Å². The zero-order valence-corrected chi connectivity index (χ0v) is 9.37. The summed E-state index contributed by atoms with van der Waals surface area (Å²) in [6, 6.07) is 0. The normalized spacial score (nSPS) is 32.4. The van der Waals surface area contributed by atoms with Crippen LogP contribution in [0.15, 0.2) is 0 Å². The quantitative estimate of drug-likeness (QED) is 0.646. The predicted octanol–water partition coefficient (Wildman–Crippen LogP) is 2.88. The van der Waals surface area contributed by atoms with E-state index in [-0.39, 0.29) is 7.12 Å². The molecule has 0 aromatic carbocycles. The lowest BCUT2D eigenvalue weighted by molar-refractivity contribution is 0.110. The van der Waals surface area contributed by atoms with Crippen molar-refractivity contribution in [3.8, 4) is 0 Å². The first-order valence-corrected chi connectivity index (χ1v) is 6.06. The number of rotatable bonds is 3. The van der Waals surface area contributed by atoms with Crippen LogP contribution in [0.3, 0.4) is 0 Å². The molecule has 1 aliphatic heterocycles. The molecule has 2 unspecified atom stereocenters. The van der Waals surface area contributed by atoms with Gasteiger partial charge in [-0.05, 0) is 25.1 Å². The minimum atomic E-state index is 0.102. The minimum Gasteiger partial charge on any atom is -0.406 e. The lowest BCUT2D eigenvalue weighted by Crippen LogP contribution is -2.25. The van der Waals surface area contributed by atoms with Crippen LogP contribution in [0.5, 0.6) is 0 Å². The Hall–Kier alpha value is -0.0151. The molecule has 0 aromatic rings. The van der Waals surface area contributed by atoms with Gasteiger partial charge in [0.1, 0.15) is 0 Å². The molecule has 0 radical (unpaired) electrons. The van der Waals surface area contributed by atoms with Gasteiger partial charge in [-0.1, -0.05) is 33.1 Å². The average Bonchev–Trinajstić information content (AvgIpc) is 2.57. The number of hydrogen-bond acceptors (Lipinski definition) is 2. The molecule has 0 spiro atoms. The van der Waals surface area contributed by atoms with Gasteiger partial charge in [0.05, 0.1) is 12.2 Å². The molecular weight excluding hydrogens is 175 g/mol. The maximum absolute atomic E-state index is 5.89. The van der Waals surface area contributed by atoms with E-state index in [1.807, 2.05) is 0 Å². The highest BCUT2D eigenvalue weighted by molar-refractivity contribution is 6.45. The third-order valence-electron chi connectivity index (χ3n) is 3.27. The van der Waals surface area contributed by atoms with Crippen LogP contribution in [-0.2, 0) is 9.31 Å². The maximum Gasteiger partial charge on any atom is 0.457 e.